The highest BCUT2D eigenvalue weighted by molar-refractivity contribution is 8.76. The van der Waals surface area contributed by atoms with Gasteiger partial charge in [-0.25, -0.2) is 0 Å². The molecule has 0 spiro atoms. The van der Waals surface area contributed by atoms with Gasteiger partial charge in [0, 0.05) is 61.9 Å². The SMILES string of the molecule is CC1(C)CNCCN1C(=O)C(N)CSSCC(N)C(=O)N1CCNCC1(C)C. The van der Waals surface area contributed by atoms with E-state index >= 15 is 0 Å². The summed E-state index contributed by atoms with van der Waals surface area (Å²) in [6, 6.07) is -1.09. The molecule has 8 nitrogen and oxygen atoms in total. The van der Waals surface area contributed by atoms with Crippen LogP contribution in [0, 0.1) is 0 Å². The Kier molecular flexibility index (Phi) is 8.48. The zero-order valence-corrected chi connectivity index (χ0v) is 19.1. The van der Waals surface area contributed by atoms with E-state index in [9.17, 15) is 9.59 Å². The Morgan fingerprint density at radius 3 is 1.54 bits per heavy atom. The first kappa shape index (κ1) is 23.8. The van der Waals surface area contributed by atoms with E-state index < -0.39 is 12.1 Å². The zero-order chi connectivity index (χ0) is 20.9. The van der Waals surface area contributed by atoms with E-state index in [1.807, 2.05) is 37.5 Å². The number of hydrogen-bond donors (Lipinski definition) is 4. The van der Waals surface area contributed by atoms with Crippen molar-refractivity contribution in [3.63, 3.8) is 0 Å². The zero-order valence-electron chi connectivity index (χ0n) is 17.5. The molecule has 28 heavy (non-hydrogen) atoms. The molecule has 0 aromatic heterocycles. The largest absolute Gasteiger partial charge is 0.334 e. The maximum atomic E-state index is 12.7. The van der Waals surface area contributed by atoms with Gasteiger partial charge in [-0.15, -0.1) is 0 Å². The molecule has 10 heteroatoms. The molecule has 2 saturated heterocycles. The van der Waals surface area contributed by atoms with Gasteiger partial charge in [-0.2, -0.15) is 0 Å². The number of carbonyl (C=O) groups excluding carboxylic acids is 2. The second-order valence-electron chi connectivity index (χ2n) is 8.74. The quantitative estimate of drug-likeness (QED) is 0.313. The number of rotatable bonds is 7. The predicted molar refractivity (Wildman–Crippen MR) is 118 cm³/mol. The number of amides is 2. The number of hydrogen-bond acceptors (Lipinski definition) is 8. The van der Waals surface area contributed by atoms with Crippen molar-refractivity contribution in [3.05, 3.63) is 0 Å². The topological polar surface area (TPSA) is 117 Å². The first-order chi connectivity index (χ1) is 13.1. The predicted octanol–water partition coefficient (Wildman–Crippen LogP) is -0.557. The monoisotopic (exact) mass is 432 g/mol. The van der Waals surface area contributed by atoms with Gasteiger partial charge in [0.1, 0.15) is 0 Å². The molecule has 2 unspecified atom stereocenters. The molecule has 2 amide bonds. The van der Waals surface area contributed by atoms with Crippen LogP contribution in [0.2, 0.25) is 0 Å². The van der Waals surface area contributed by atoms with Gasteiger partial charge in [-0.3, -0.25) is 9.59 Å². The van der Waals surface area contributed by atoms with E-state index in [2.05, 4.69) is 10.6 Å². The highest BCUT2D eigenvalue weighted by atomic mass is 33.1. The van der Waals surface area contributed by atoms with Crippen molar-refractivity contribution in [2.75, 3.05) is 50.8 Å². The normalized spacial score (nSPS) is 23.9. The van der Waals surface area contributed by atoms with Crippen LogP contribution in [0.15, 0.2) is 0 Å². The number of nitrogens with zero attached hydrogens (tertiary/aromatic N) is 2. The molecular weight excluding hydrogens is 396 g/mol. The molecule has 6 N–H and O–H groups in total. The Bertz CT molecular complexity index is 512. The Labute approximate surface area is 176 Å². The van der Waals surface area contributed by atoms with E-state index in [0.717, 1.165) is 26.2 Å². The van der Waals surface area contributed by atoms with Crippen molar-refractivity contribution >= 4 is 33.4 Å². The summed E-state index contributed by atoms with van der Waals surface area (Å²) in [4.78, 5) is 29.1. The van der Waals surface area contributed by atoms with Gasteiger partial charge < -0.3 is 31.9 Å². The Morgan fingerprint density at radius 1 is 0.857 bits per heavy atom. The number of nitrogens with two attached hydrogens (primary N) is 2. The van der Waals surface area contributed by atoms with Gasteiger partial charge in [-0.05, 0) is 27.7 Å². The van der Waals surface area contributed by atoms with Crippen LogP contribution in [0.5, 0.6) is 0 Å². The highest BCUT2D eigenvalue weighted by Gasteiger charge is 2.36. The summed E-state index contributed by atoms with van der Waals surface area (Å²) in [6.07, 6.45) is 0. The standard InChI is InChI=1S/C18H36N6O2S2/c1-17(2)11-21-5-7-23(17)15(25)13(19)9-27-28-10-14(20)16(26)24-8-6-22-12-18(24,3)4/h13-14,21-22H,5-12,19-20H2,1-4H3. The lowest BCUT2D eigenvalue weighted by Crippen LogP contribution is -2.63. The molecular formula is C18H36N6O2S2. The molecule has 162 valence electrons. The summed E-state index contributed by atoms with van der Waals surface area (Å²) < 4.78 is 0. The molecule has 0 aromatic carbocycles. The van der Waals surface area contributed by atoms with Crippen molar-refractivity contribution in [2.45, 2.75) is 50.9 Å². The molecule has 2 fully saturated rings. The summed E-state index contributed by atoms with van der Waals surface area (Å²) in [5.74, 6) is 0.984. The molecule has 0 radical (unpaired) electrons. The van der Waals surface area contributed by atoms with Crippen molar-refractivity contribution in [2.24, 2.45) is 11.5 Å². The molecule has 2 rings (SSSR count). The van der Waals surface area contributed by atoms with Gasteiger partial charge in [0.2, 0.25) is 11.8 Å². The third-order valence-corrected chi connectivity index (χ3v) is 7.82. The fourth-order valence-corrected chi connectivity index (χ4v) is 5.80. The van der Waals surface area contributed by atoms with E-state index in [4.69, 9.17) is 11.5 Å². The van der Waals surface area contributed by atoms with E-state index in [0.29, 0.717) is 24.6 Å². The Balaban J connectivity index is 1.74. The molecule has 2 atom stereocenters. The third kappa shape index (κ3) is 5.99. The minimum atomic E-state index is -0.547. The summed E-state index contributed by atoms with van der Waals surface area (Å²) in [5, 5.41) is 6.62. The van der Waals surface area contributed by atoms with Crippen LogP contribution in [0.4, 0.5) is 0 Å². The minimum Gasteiger partial charge on any atom is -0.334 e. The Morgan fingerprint density at radius 2 is 1.21 bits per heavy atom. The van der Waals surface area contributed by atoms with Gasteiger partial charge in [-0.1, -0.05) is 21.6 Å². The number of nitrogens with one attached hydrogen (secondary N) is 2. The van der Waals surface area contributed by atoms with Gasteiger partial charge in [0.05, 0.1) is 12.1 Å². The van der Waals surface area contributed by atoms with Crippen LogP contribution >= 0.6 is 21.6 Å². The summed E-state index contributed by atoms with van der Waals surface area (Å²) in [5.41, 5.74) is 11.8. The first-order valence-electron chi connectivity index (χ1n) is 9.86. The second kappa shape index (κ2) is 9.99. The summed E-state index contributed by atoms with van der Waals surface area (Å²) in [6.45, 7) is 12.7. The van der Waals surface area contributed by atoms with E-state index in [1.54, 1.807) is 0 Å². The van der Waals surface area contributed by atoms with Crippen LogP contribution in [-0.4, -0.2) is 95.5 Å². The van der Waals surface area contributed by atoms with Crippen LogP contribution < -0.4 is 22.1 Å². The average Bonchev–Trinajstić information content (AvgIpc) is 2.63. The van der Waals surface area contributed by atoms with Crippen molar-refractivity contribution in [3.8, 4) is 0 Å². The lowest BCUT2D eigenvalue weighted by Gasteiger charge is -2.44. The smallest absolute Gasteiger partial charge is 0.240 e. The maximum absolute atomic E-state index is 12.7. The molecule has 2 aliphatic heterocycles. The first-order valence-corrected chi connectivity index (χ1v) is 12.3. The second-order valence-corrected chi connectivity index (χ2v) is 11.3. The molecule has 2 aliphatic rings. The maximum Gasteiger partial charge on any atom is 0.240 e. The van der Waals surface area contributed by atoms with Crippen molar-refractivity contribution in [1.82, 2.24) is 20.4 Å². The molecule has 2 heterocycles. The summed E-state index contributed by atoms with van der Waals surface area (Å²) >= 11 is 0. The van der Waals surface area contributed by atoms with Crippen molar-refractivity contribution < 1.29 is 9.59 Å². The van der Waals surface area contributed by atoms with Gasteiger partial charge in [0.15, 0.2) is 0 Å². The molecule has 0 aliphatic carbocycles. The van der Waals surface area contributed by atoms with Crippen LogP contribution in [0.3, 0.4) is 0 Å². The molecule has 0 bridgehead atoms. The summed E-state index contributed by atoms with van der Waals surface area (Å²) in [7, 11) is 3.02. The average molecular weight is 433 g/mol. The van der Waals surface area contributed by atoms with Crippen LogP contribution in [-0.2, 0) is 9.59 Å². The van der Waals surface area contributed by atoms with Gasteiger partial charge in [0.25, 0.3) is 0 Å². The van der Waals surface area contributed by atoms with E-state index in [-0.39, 0.29) is 22.9 Å². The highest BCUT2D eigenvalue weighted by Crippen LogP contribution is 2.25. The molecule has 0 saturated carbocycles. The van der Waals surface area contributed by atoms with Crippen LogP contribution in [0.25, 0.3) is 0 Å². The lowest BCUT2D eigenvalue weighted by atomic mass is 9.99. The fraction of sp³-hybridized carbons (Fsp3) is 0.889. The van der Waals surface area contributed by atoms with Crippen LogP contribution in [0.1, 0.15) is 27.7 Å². The Hall–Kier alpha value is -0.520. The number of carbonyl (C=O) groups is 2. The van der Waals surface area contributed by atoms with Gasteiger partial charge >= 0.3 is 0 Å². The molecule has 0 aromatic rings. The fourth-order valence-electron chi connectivity index (χ4n) is 3.57. The van der Waals surface area contributed by atoms with Crippen molar-refractivity contribution in [1.29, 1.82) is 0 Å². The minimum absolute atomic E-state index is 0.0115. The van der Waals surface area contributed by atoms with E-state index in [1.165, 1.54) is 21.6 Å². The number of piperazine rings is 2. The third-order valence-electron chi connectivity index (χ3n) is 5.35. The lowest BCUT2D eigenvalue weighted by molar-refractivity contribution is -0.139.